The Balaban J connectivity index is 1.03. The lowest BCUT2D eigenvalue weighted by atomic mass is 9.86. The molecule has 2 amide bonds. The number of benzene rings is 1. The number of aliphatic imine (C=N–C) groups is 1. The lowest BCUT2D eigenvalue weighted by Crippen LogP contribution is -2.41. The van der Waals surface area contributed by atoms with E-state index in [1.165, 1.54) is 25.7 Å². The van der Waals surface area contributed by atoms with Gasteiger partial charge in [0.15, 0.2) is 0 Å². The van der Waals surface area contributed by atoms with E-state index in [2.05, 4.69) is 16.9 Å². The molecule has 1 aromatic carbocycles. The molecule has 2 saturated carbocycles. The number of hydrogen-bond acceptors (Lipinski definition) is 3. The van der Waals surface area contributed by atoms with Crippen LogP contribution >= 0.6 is 11.8 Å². The first-order chi connectivity index (χ1) is 16.0. The molecule has 1 aromatic heterocycles. The molecule has 2 aliphatic carbocycles. The molecular weight excluding hydrogens is 430 g/mol. The van der Waals surface area contributed by atoms with Crippen molar-refractivity contribution >= 4 is 39.5 Å². The fourth-order valence-corrected chi connectivity index (χ4v) is 8.27. The van der Waals surface area contributed by atoms with Gasteiger partial charge < -0.3 is 9.88 Å². The normalized spacial score (nSPS) is 32.2. The molecule has 2 aliphatic heterocycles. The van der Waals surface area contributed by atoms with Crippen LogP contribution < -0.4 is 0 Å². The molecule has 1 N–H and O–H groups in total. The highest BCUT2D eigenvalue weighted by Gasteiger charge is 2.46. The third kappa shape index (κ3) is 4.05. The van der Waals surface area contributed by atoms with Crippen LogP contribution in [0.1, 0.15) is 68.8 Å². The van der Waals surface area contributed by atoms with Crippen molar-refractivity contribution in [3.05, 3.63) is 36.0 Å². The average molecular weight is 464 g/mol. The Hall–Kier alpha value is -2.08. The summed E-state index contributed by atoms with van der Waals surface area (Å²) in [5.74, 6) is 3.19. The van der Waals surface area contributed by atoms with Gasteiger partial charge in [-0.15, -0.1) is 0 Å². The number of hydrogen-bond donors (Lipinski definition) is 1. The number of carbonyl (C=O) groups excluding carboxylic acids is 2. The SMILES string of the molecule is CC1(CC2CCN(C(=O)c3cc4ccccc4[nH]3)CC2)SC(C[C@H]2C[C@@H]3CC[C@H]2C3)=NC1=O. The largest absolute Gasteiger partial charge is 0.351 e. The third-order valence-electron chi connectivity index (χ3n) is 8.68. The molecule has 3 fully saturated rings. The van der Waals surface area contributed by atoms with Crippen LogP contribution in [0.2, 0.25) is 0 Å². The first-order valence-corrected chi connectivity index (χ1v) is 13.5. The van der Waals surface area contributed by atoms with Gasteiger partial charge in [0.25, 0.3) is 11.8 Å². The van der Waals surface area contributed by atoms with Gasteiger partial charge in [0, 0.05) is 24.0 Å². The second kappa shape index (κ2) is 8.30. The van der Waals surface area contributed by atoms with Gasteiger partial charge in [0.05, 0.1) is 5.04 Å². The monoisotopic (exact) mass is 463 g/mol. The summed E-state index contributed by atoms with van der Waals surface area (Å²) in [4.78, 5) is 35.7. The van der Waals surface area contributed by atoms with Crippen molar-refractivity contribution in [3.63, 3.8) is 0 Å². The van der Waals surface area contributed by atoms with Gasteiger partial charge in [-0.3, -0.25) is 9.59 Å². The predicted octanol–water partition coefficient (Wildman–Crippen LogP) is 5.67. The Labute approximate surface area is 199 Å². The summed E-state index contributed by atoms with van der Waals surface area (Å²) in [6.07, 6.45) is 9.35. The van der Waals surface area contributed by atoms with Crippen molar-refractivity contribution in [1.82, 2.24) is 9.88 Å². The van der Waals surface area contributed by atoms with E-state index in [1.807, 2.05) is 35.2 Å². The van der Waals surface area contributed by atoms with E-state index in [0.29, 0.717) is 11.6 Å². The number of likely N-dealkylation sites (tertiary alicyclic amines) is 1. The zero-order valence-electron chi connectivity index (χ0n) is 19.4. The number of nitrogens with one attached hydrogen (secondary N) is 1. The number of thioether (sulfide) groups is 1. The number of H-pyrrole nitrogens is 1. The maximum absolute atomic E-state index is 13.0. The molecule has 33 heavy (non-hydrogen) atoms. The number of nitrogens with zero attached hydrogens (tertiary/aromatic N) is 2. The summed E-state index contributed by atoms with van der Waals surface area (Å²) < 4.78 is -0.416. The van der Waals surface area contributed by atoms with Crippen molar-refractivity contribution < 1.29 is 9.59 Å². The van der Waals surface area contributed by atoms with Crippen LogP contribution in [0.4, 0.5) is 0 Å². The Morgan fingerprint density at radius 2 is 2.00 bits per heavy atom. The molecular formula is C27H33N3O2S. The summed E-state index contributed by atoms with van der Waals surface area (Å²) in [5, 5.41) is 2.16. The van der Waals surface area contributed by atoms with E-state index >= 15 is 0 Å². The van der Waals surface area contributed by atoms with Crippen molar-refractivity contribution in [3.8, 4) is 0 Å². The average Bonchev–Trinajstić information content (AvgIpc) is 3.58. The van der Waals surface area contributed by atoms with Crippen LogP contribution in [0.25, 0.3) is 10.9 Å². The molecule has 4 aliphatic rings. The summed E-state index contributed by atoms with van der Waals surface area (Å²) in [5.41, 5.74) is 1.67. The topological polar surface area (TPSA) is 65.5 Å². The minimum absolute atomic E-state index is 0.0715. The number of para-hydroxylation sites is 1. The Kier molecular flexibility index (Phi) is 5.39. The highest BCUT2D eigenvalue weighted by atomic mass is 32.2. The zero-order chi connectivity index (χ0) is 22.6. The lowest BCUT2D eigenvalue weighted by Gasteiger charge is -2.34. The molecule has 6 rings (SSSR count). The molecule has 3 heterocycles. The number of fused-ring (bicyclic) bond motifs is 3. The molecule has 6 heteroatoms. The van der Waals surface area contributed by atoms with Crippen molar-refractivity contribution in [1.29, 1.82) is 0 Å². The summed E-state index contributed by atoms with van der Waals surface area (Å²) in [6.45, 7) is 3.61. The zero-order valence-corrected chi connectivity index (χ0v) is 20.2. The van der Waals surface area contributed by atoms with Crippen molar-refractivity contribution in [2.45, 2.75) is 63.0 Å². The van der Waals surface area contributed by atoms with Gasteiger partial charge in [-0.05, 0) is 87.7 Å². The number of amides is 2. The van der Waals surface area contributed by atoms with Gasteiger partial charge in [-0.1, -0.05) is 36.4 Å². The van der Waals surface area contributed by atoms with Gasteiger partial charge in [0.2, 0.25) is 0 Å². The highest BCUT2D eigenvalue weighted by molar-refractivity contribution is 8.16. The molecule has 4 atom stereocenters. The second-order valence-electron chi connectivity index (χ2n) is 11.0. The summed E-state index contributed by atoms with van der Waals surface area (Å²) >= 11 is 1.75. The highest BCUT2D eigenvalue weighted by Crippen LogP contribution is 2.51. The smallest absolute Gasteiger partial charge is 0.270 e. The number of aromatic nitrogens is 1. The van der Waals surface area contributed by atoms with Crippen molar-refractivity contribution in [2.75, 3.05) is 13.1 Å². The molecule has 0 radical (unpaired) electrons. The fourth-order valence-electron chi connectivity index (χ4n) is 6.88. The molecule has 174 valence electrons. The van der Waals surface area contributed by atoms with E-state index < -0.39 is 4.75 Å². The van der Waals surface area contributed by atoms with Crippen LogP contribution in [0.3, 0.4) is 0 Å². The van der Waals surface area contributed by atoms with Gasteiger partial charge in [-0.2, -0.15) is 0 Å². The summed E-state index contributed by atoms with van der Waals surface area (Å²) in [6, 6.07) is 9.95. The Morgan fingerprint density at radius 1 is 1.18 bits per heavy atom. The number of piperidine rings is 1. The molecule has 1 unspecified atom stereocenters. The molecule has 1 saturated heterocycles. The van der Waals surface area contributed by atoms with Gasteiger partial charge in [-0.25, -0.2) is 4.99 Å². The molecule has 5 nitrogen and oxygen atoms in total. The number of aromatic amines is 1. The quantitative estimate of drug-likeness (QED) is 0.622. The van der Waals surface area contributed by atoms with Crippen LogP contribution in [-0.2, 0) is 4.79 Å². The Morgan fingerprint density at radius 3 is 2.73 bits per heavy atom. The summed E-state index contributed by atoms with van der Waals surface area (Å²) in [7, 11) is 0. The minimum Gasteiger partial charge on any atom is -0.351 e. The first kappa shape index (κ1) is 21.5. The fraction of sp³-hybridized carbons (Fsp3) is 0.593. The second-order valence-corrected chi connectivity index (χ2v) is 12.6. The molecule has 0 spiro atoms. The van der Waals surface area contributed by atoms with Crippen LogP contribution in [-0.4, -0.2) is 44.6 Å². The lowest BCUT2D eigenvalue weighted by molar-refractivity contribution is -0.119. The number of carbonyl (C=O) groups is 2. The van der Waals surface area contributed by atoms with Crippen LogP contribution in [0.15, 0.2) is 35.3 Å². The number of rotatable bonds is 5. The van der Waals surface area contributed by atoms with Crippen LogP contribution in [0, 0.1) is 23.7 Å². The Bertz CT molecular complexity index is 1080. The molecule has 2 aromatic rings. The van der Waals surface area contributed by atoms with Gasteiger partial charge >= 0.3 is 0 Å². The minimum atomic E-state index is -0.416. The van der Waals surface area contributed by atoms with E-state index in [9.17, 15) is 9.59 Å². The van der Waals surface area contributed by atoms with Crippen LogP contribution in [0.5, 0.6) is 0 Å². The maximum Gasteiger partial charge on any atom is 0.270 e. The third-order valence-corrected chi connectivity index (χ3v) is 9.97. The maximum atomic E-state index is 13.0. The van der Waals surface area contributed by atoms with E-state index in [0.717, 1.165) is 72.5 Å². The van der Waals surface area contributed by atoms with Crippen molar-refractivity contribution in [2.24, 2.45) is 28.7 Å². The first-order valence-electron chi connectivity index (χ1n) is 12.6. The molecule has 2 bridgehead atoms. The predicted molar refractivity (Wildman–Crippen MR) is 134 cm³/mol. The van der Waals surface area contributed by atoms with E-state index in [4.69, 9.17) is 0 Å². The van der Waals surface area contributed by atoms with Gasteiger partial charge in [0.1, 0.15) is 10.4 Å². The standard InChI is InChI=1S/C27H33N3O2S/c1-27(26(32)29-24(33-27)15-21-13-18-6-7-19(21)12-18)16-17-8-10-30(11-9-17)25(31)23-14-20-4-2-3-5-22(20)28-23/h2-5,14,17-19,21,28H,6-13,15-16H2,1H3/t18-,19+,21-,27?/m1/s1. The van der Waals surface area contributed by atoms with E-state index in [-0.39, 0.29) is 11.8 Å². The van der Waals surface area contributed by atoms with E-state index in [1.54, 1.807) is 11.8 Å².